The molecule has 5 aromatic carbocycles. The number of aromatic nitrogens is 1. The first-order valence-corrected chi connectivity index (χ1v) is 11.3. The van der Waals surface area contributed by atoms with Crippen LogP contribution >= 0.6 is 0 Å². The van der Waals surface area contributed by atoms with E-state index >= 15 is 0 Å². The summed E-state index contributed by atoms with van der Waals surface area (Å²) >= 11 is 0. The molecule has 2 nitrogen and oxygen atoms in total. The maximum Gasteiger partial charge on any atom is 0.118 e. The summed E-state index contributed by atoms with van der Waals surface area (Å²) in [7, 11) is 0. The van der Waals surface area contributed by atoms with Crippen molar-refractivity contribution in [1.29, 1.82) is 0 Å². The van der Waals surface area contributed by atoms with Crippen molar-refractivity contribution in [3.63, 3.8) is 0 Å². The smallest absolute Gasteiger partial charge is 0.118 e. The third-order valence-corrected chi connectivity index (χ3v) is 6.87. The van der Waals surface area contributed by atoms with E-state index in [1.54, 1.807) is 0 Å². The second-order valence-electron chi connectivity index (χ2n) is 8.50. The van der Waals surface area contributed by atoms with Crippen LogP contribution in [0.5, 0.6) is 0 Å². The van der Waals surface area contributed by atoms with Crippen LogP contribution < -0.4 is 4.90 Å². The van der Waals surface area contributed by atoms with Crippen LogP contribution in [0.25, 0.3) is 49.3 Å². The van der Waals surface area contributed by atoms with E-state index in [4.69, 9.17) is 0 Å². The molecule has 1 aliphatic rings. The fourth-order valence-electron chi connectivity index (χ4n) is 5.50. The minimum absolute atomic E-state index is 0.892. The number of anilines is 2. The van der Waals surface area contributed by atoms with Crippen LogP contribution in [-0.2, 0) is 0 Å². The van der Waals surface area contributed by atoms with Gasteiger partial charge >= 0.3 is 0 Å². The molecule has 0 radical (unpaired) electrons. The maximum atomic E-state index is 2.49. The van der Waals surface area contributed by atoms with Crippen LogP contribution in [-0.4, -0.2) is 11.1 Å². The lowest BCUT2D eigenvalue weighted by molar-refractivity contribution is 0.972. The minimum Gasteiger partial charge on any atom is -0.327 e. The molecule has 0 atom stereocenters. The summed E-state index contributed by atoms with van der Waals surface area (Å²) in [6, 6.07) is 37.7. The van der Waals surface area contributed by atoms with E-state index in [0.29, 0.717) is 0 Å². The Labute approximate surface area is 186 Å². The SMILES string of the molecule is CCN1c2c(ccc3ccccc23)-c2c(ccc3ccccc23)-n2c1cc1ccccc12. The van der Waals surface area contributed by atoms with Crippen molar-refractivity contribution < 1.29 is 0 Å². The molecule has 1 aliphatic heterocycles. The molecule has 0 N–H and O–H groups in total. The summed E-state index contributed by atoms with van der Waals surface area (Å²) in [5.74, 6) is 1.22. The topological polar surface area (TPSA) is 8.17 Å². The first kappa shape index (κ1) is 17.6. The van der Waals surface area contributed by atoms with Gasteiger partial charge in [-0.3, -0.25) is 4.57 Å². The highest BCUT2D eigenvalue weighted by atomic mass is 15.3. The molecule has 32 heavy (non-hydrogen) atoms. The van der Waals surface area contributed by atoms with Gasteiger partial charge in [-0.15, -0.1) is 0 Å². The zero-order chi connectivity index (χ0) is 21.2. The van der Waals surface area contributed by atoms with Gasteiger partial charge in [0.2, 0.25) is 0 Å². The highest BCUT2D eigenvalue weighted by molar-refractivity contribution is 6.12. The summed E-state index contributed by atoms with van der Waals surface area (Å²) in [4.78, 5) is 2.49. The Kier molecular flexibility index (Phi) is 3.57. The van der Waals surface area contributed by atoms with E-state index in [0.717, 1.165) is 6.54 Å². The van der Waals surface area contributed by atoms with Crippen LogP contribution in [0.3, 0.4) is 0 Å². The van der Waals surface area contributed by atoms with Gasteiger partial charge in [0, 0.05) is 28.4 Å². The molecule has 6 aromatic rings. The van der Waals surface area contributed by atoms with Crippen LogP contribution in [0.4, 0.5) is 11.5 Å². The van der Waals surface area contributed by atoms with Crippen LogP contribution in [0.1, 0.15) is 6.92 Å². The van der Waals surface area contributed by atoms with Gasteiger partial charge in [0.05, 0.1) is 16.9 Å². The van der Waals surface area contributed by atoms with E-state index in [1.165, 1.54) is 60.8 Å². The van der Waals surface area contributed by atoms with Crippen LogP contribution in [0.2, 0.25) is 0 Å². The Morgan fingerprint density at radius 2 is 1.28 bits per heavy atom. The van der Waals surface area contributed by atoms with Gasteiger partial charge < -0.3 is 4.90 Å². The molecule has 0 unspecified atom stereocenters. The van der Waals surface area contributed by atoms with Crippen LogP contribution in [0.15, 0.2) is 103 Å². The molecule has 152 valence electrons. The Hall–Kier alpha value is -4.04. The normalized spacial score (nSPS) is 12.6. The van der Waals surface area contributed by atoms with Gasteiger partial charge in [0.1, 0.15) is 5.82 Å². The van der Waals surface area contributed by atoms with Gasteiger partial charge in [0.25, 0.3) is 0 Å². The van der Waals surface area contributed by atoms with Gasteiger partial charge in [0.15, 0.2) is 0 Å². The van der Waals surface area contributed by atoms with Crippen molar-refractivity contribution in [2.45, 2.75) is 6.92 Å². The average Bonchev–Trinajstić information content (AvgIpc) is 3.17. The summed E-state index contributed by atoms with van der Waals surface area (Å²) in [6.07, 6.45) is 0. The molecule has 0 bridgehead atoms. The van der Waals surface area contributed by atoms with Crippen molar-refractivity contribution in [3.05, 3.63) is 103 Å². The molecular weight excluding hydrogens is 388 g/mol. The Morgan fingerprint density at radius 1 is 0.625 bits per heavy atom. The first-order chi connectivity index (χ1) is 15.8. The molecule has 0 amide bonds. The number of nitrogens with zero attached hydrogens (tertiary/aromatic N) is 2. The van der Waals surface area contributed by atoms with Gasteiger partial charge in [-0.2, -0.15) is 0 Å². The largest absolute Gasteiger partial charge is 0.327 e. The lowest BCUT2D eigenvalue weighted by Crippen LogP contribution is -2.18. The molecule has 7 rings (SSSR count). The zero-order valence-corrected chi connectivity index (χ0v) is 17.9. The van der Waals surface area contributed by atoms with Crippen molar-refractivity contribution in [3.8, 4) is 16.8 Å². The van der Waals surface area contributed by atoms with Crippen LogP contribution in [0, 0.1) is 0 Å². The highest BCUT2D eigenvalue weighted by Crippen LogP contribution is 2.50. The summed E-state index contributed by atoms with van der Waals surface area (Å²) in [5.41, 5.74) is 6.39. The lowest BCUT2D eigenvalue weighted by atomic mass is 9.92. The third kappa shape index (κ3) is 2.24. The predicted octanol–water partition coefficient (Wildman–Crippen LogP) is 8.08. The highest BCUT2D eigenvalue weighted by Gasteiger charge is 2.28. The molecule has 0 aliphatic carbocycles. The Balaban J connectivity index is 1.76. The van der Waals surface area contributed by atoms with Gasteiger partial charge in [-0.05, 0) is 41.3 Å². The summed E-state index contributed by atoms with van der Waals surface area (Å²) in [5, 5.41) is 6.40. The fourth-order valence-corrected chi connectivity index (χ4v) is 5.50. The molecule has 0 spiro atoms. The monoisotopic (exact) mass is 410 g/mol. The van der Waals surface area contributed by atoms with E-state index in [-0.39, 0.29) is 0 Å². The second-order valence-corrected chi connectivity index (χ2v) is 8.50. The number of hydrogen-bond acceptors (Lipinski definition) is 1. The van der Waals surface area contributed by atoms with E-state index in [1.807, 2.05) is 0 Å². The molecular formula is C30H22N2. The maximum absolute atomic E-state index is 2.49. The number of fused-ring (bicyclic) bond motifs is 11. The van der Waals surface area contributed by atoms with Gasteiger partial charge in [-0.1, -0.05) is 84.9 Å². The molecule has 0 saturated heterocycles. The van der Waals surface area contributed by atoms with E-state index in [2.05, 4.69) is 120 Å². The lowest BCUT2D eigenvalue weighted by Gasteiger charge is -2.25. The van der Waals surface area contributed by atoms with E-state index < -0.39 is 0 Å². The van der Waals surface area contributed by atoms with Crippen molar-refractivity contribution in [2.24, 2.45) is 0 Å². The van der Waals surface area contributed by atoms with Crippen molar-refractivity contribution in [2.75, 3.05) is 11.4 Å². The predicted molar refractivity (Wildman–Crippen MR) is 136 cm³/mol. The standard InChI is InChI=1S/C30H22N2/c1-2-31-28-19-22-11-5-8-14-26(22)32(28)27-18-16-20-9-3-6-12-23(20)29(27)25-17-15-21-10-4-7-13-24(21)30(25)31/h3-19H,2H2,1H3. The summed E-state index contributed by atoms with van der Waals surface area (Å²) in [6.45, 7) is 3.14. The van der Waals surface area contributed by atoms with E-state index in [9.17, 15) is 0 Å². The Bertz CT molecular complexity index is 1670. The fraction of sp³-hybridized carbons (Fsp3) is 0.0667. The number of para-hydroxylation sites is 1. The molecule has 2 heteroatoms. The third-order valence-electron chi connectivity index (χ3n) is 6.87. The number of hydrogen-bond donors (Lipinski definition) is 0. The second kappa shape index (κ2) is 6.48. The minimum atomic E-state index is 0.892. The Morgan fingerprint density at radius 3 is 2.09 bits per heavy atom. The molecule has 2 heterocycles. The quantitative estimate of drug-likeness (QED) is 0.266. The zero-order valence-electron chi connectivity index (χ0n) is 17.9. The molecule has 0 saturated carbocycles. The number of rotatable bonds is 1. The summed E-state index contributed by atoms with van der Waals surface area (Å²) < 4.78 is 2.45. The average molecular weight is 411 g/mol. The molecule has 1 aromatic heterocycles. The van der Waals surface area contributed by atoms with Crippen molar-refractivity contribution in [1.82, 2.24) is 4.57 Å². The number of benzene rings is 5. The van der Waals surface area contributed by atoms with Gasteiger partial charge in [-0.25, -0.2) is 0 Å². The first-order valence-electron chi connectivity index (χ1n) is 11.3. The molecule has 0 fully saturated rings. The van der Waals surface area contributed by atoms with Crippen molar-refractivity contribution >= 4 is 44.0 Å².